The highest BCUT2D eigenvalue weighted by Gasteiger charge is 2.31. The van der Waals surface area contributed by atoms with Gasteiger partial charge in [0.1, 0.15) is 5.69 Å². The number of hydrogen-bond acceptors (Lipinski definition) is 4. The number of amides is 1. The highest BCUT2D eigenvalue weighted by molar-refractivity contribution is 6.07. The maximum Gasteiger partial charge on any atom is 0.355 e. The molecule has 1 heterocycles. The van der Waals surface area contributed by atoms with E-state index in [2.05, 4.69) is 11.6 Å². The van der Waals surface area contributed by atoms with Crippen molar-refractivity contribution >= 4 is 17.7 Å². The summed E-state index contributed by atoms with van der Waals surface area (Å²) in [5.41, 5.74) is 2.27. The number of benzene rings is 1. The molecule has 6 nitrogen and oxygen atoms in total. The van der Waals surface area contributed by atoms with Gasteiger partial charge in [-0.15, -0.1) is 6.58 Å². The van der Waals surface area contributed by atoms with Crippen LogP contribution in [0.1, 0.15) is 56.3 Å². The van der Waals surface area contributed by atoms with Gasteiger partial charge in [-0.2, -0.15) is 0 Å². The van der Waals surface area contributed by atoms with Gasteiger partial charge in [0.2, 0.25) is 0 Å². The summed E-state index contributed by atoms with van der Waals surface area (Å²) < 4.78 is 5.04. The summed E-state index contributed by atoms with van der Waals surface area (Å²) in [6.07, 6.45) is 1.59. The van der Waals surface area contributed by atoms with E-state index in [9.17, 15) is 14.4 Å². The zero-order chi connectivity index (χ0) is 20.8. The van der Waals surface area contributed by atoms with Crippen LogP contribution in [-0.4, -0.2) is 46.7 Å². The van der Waals surface area contributed by atoms with Crippen LogP contribution in [0.3, 0.4) is 0 Å². The number of ketones is 1. The third-order valence-corrected chi connectivity index (χ3v) is 4.62. The number of rotatable bonds is 8. The molecule has 148 valence electrons. The van der Waals surface area contributed by atoms with E-state index < -0.39 is 12.0 Å². The molecule has 1 aromatic carbocycles. The SMILES string of the molecule is C=CCN(C(=O)c1ccccc1)[C@H](C)C(=O)c1c(C)[nH]c(C(=O)OCC)c1C. The summed E-state index contributed by atoms with van der Waals surface area (Å²) in [4.78, 5) is 42.7. The van der Waals surface area contributed by atoms with Crippen molar-refractivity contribution in [2.24, 2.45) is 0 Å². The molecule has 0 saturated carbocycles. The van der Waals surface area contributed by atoms with Crippen LogP contribution in [-0.2, 0) is 4.74 Å². The zero-order valence-corrected chi connectivity index (χ0v) is 16.7. The Bertz CT molecular complexity index is 883. The molecule has 0 aliphatic rings. The van der Waals surface area contributed by atoms with Gasteiger partial charge in [-0.05, 0) is 45.4 Å². The van der Waals surface area contributed by atoms with Crippen LogP contribution in [0, 0.1) is 13.8 Å². The molecule has 0 spiro atoms. The first kappa shape index (κ1) is 21.2. The summed E-state index contributed by atoms with van der Waals surface area (Å²) in [5.74, 6) is -0.996. The lowest BCUT2D eigenvalue weighted by molar-refractivity contribution is 0.0519. The van der Waals surface area contributed by atoms with E-state index in [0.29, 0.717) is 22.4 Å². The monoisotopic (exact) mass is 382 g/mol. The Morgan fingerprint density at radius 1 is 1.21 bits per heavy atom. The smallest absolute Gasteiger partial charge is 0.355 e. The standard InChI is InChI=1S/C22H26N2O4/c1-6-13-24(21(26)17-11-9-8-10-12-17)16(5)20(25)18-14(3)19(23-15(18)4)22(27)28-7-2/h6,8-12,16,23H,1,7,13H2,2-5H3/t16-/m1/s1. The molecule has 0 aliphatic carbocycles. The topological polar surface area (TPSA) is 79.5 Å². The molecular formula is C22H26N2O4. The number of H-pyrrole nitrogens is 1. The lowest BCUT2D eigenvalue weighted by atomic mass is 9.99. The summed E-state index contributed by atoms with van der Waals surface area (Å²) in [6, 6.07) is 8.07. The van der Waals surface area contributed by atoms with E-state index in [1.807, 2.05) is 6.07 Å². The average Bonchev–Trinajstić information content (AvgIpc) is 2.99. The molecule has 0 unspecified atom stereocenters. The van der Waals surface area contributed by atoms with Gasteiger partial charge in [-0.1, -0.05) is 24.3 Å². The van der Waals surface area contributed by atoms with Crippen molar-refractivity contribution in [1.82, 2.24) is 9.88 Å². The second kappa shape index (κ2) is 9.17. The summed E-state index contributed by atoms with van der Waals surface area (Å²) in [7, 11) is 0. The lowest BCUT2D eigenvalue weighted by Crippen LogP contribution is -2.43. The molecule has 0 aliphatic heterocycles. The molecule has 28 heavy (non-hydrogen) atoms. The van der Waals surface area contributed by atoms with Crippen LogP contribution >= 0.6 is 0 Å². The largest absolute Gasteiger partial charge is 0.461 e. The van der Waals surface area contributed by atoms with Crippen molar-refractivity contribution in [3.63, 3.8) is 0 Å². The van der Waals surface area contributed by atoms with Crippen molar-refractivity contribution in [3.05, 3.63) is 71.1 Å². The van der Waals surface area contributed by atoms with Gasteiger partial charge in [0.15, 0.2) is 5.78 Å². The molecule has 0 bridgehead atoms. The number of hydrogen-bond donors (Lipinski definition) is 1. The predicted octanol–water partition coefficient (Wildman–Crippen LogP) is 3.71. The number of aryl methyl sites for hydroxylation is 1. The van der Waals surface area contributed by atoms with Gasteiger partial charge in [0.25, 0.3) is 5.91 Å². The second-order valence-electron chi connectivity index (χ2n) is 6.50. The Morgan fingerprint density at radius 3 is 2.43 bits per heavy atom. The Morgan fingerprint density at radius 2 is 1.86 bits per heavy atom. The molecule has 0 saturated heterocycles. The molecule has 1 amide bonds. The van der Waals surface area contributed by atoms with E-state index in [1.54, 1.807) is 58.0 Å². The zero-order valence-electron chi connectivity index (χ0n) is 16.7. The number of ether oxygens (including phenoxy) is 1. The number of esters is 1. The van der Waals surface area contributed by atoms with Crippen LogP contribution in [0.5, 0.6) is 0 Å². The molecule has 0 radical (unpaired) electrons. The molecular weight excluding hydrogens is 356 g/mol. The predicted molar refractivity (Wildman–Crippen MR) is 108 cm³/mol. The van der Waals surface area contributed by atoms with Gasteiger partial charge < -0.3 is 14.6 Å². The molecule has 0 fully saturated rings. The average molecular weight is 382 g/mol. The van der Waals surface area contributed by atoms with Crippen molar-refractivity contribution < 1.29 is 19.1 Å². The maximum absolute atomic E-state index is 13.2. The Labute approximate surface area is 165 Å². The number of carbonyl (C=O) groups is 3. The Balaban J connectivity index is 2.37. The minimum absolute atomic E-state index is 0.230. The Kier molecular flexibility index (Phi) is 6.93. The number of nitrogens with zero attached hydrogens (tertiary/aromatic N) is 1. The third kappa shape index (κ3) is 4.22. The van der Waals surface area contributed by atoms with Gasteiger partial charge in [-0.3, -0.25) is 9.59 Å². The highest BCUT2D eigenvalue weighted by Crippen LogP contribution is 2.23. The number of carbonyl (C=O) groups excluding carboxylic acids is 3. The first-order chi connectivity index (χ1) is 13.3. The van der Waals surface area contributed by atoms with E-state index in [0.717, 1.165) is 0 Å². The molecule has 2 aromatic rings. The van der Waals surface area contributed by atoms with Crippen LogP contribution in [0.2, 0.25) is 0 Å². The number of aromatic nitrogens is 1. The fourth-order valence-corrected chi connectivity index (χ4v) is 3.18. The van der Waals surface area contributed by atoms with Gasteiger partial charge >= 0.3 is 5.97 Å². The van der Waals surface area contributed by atoms with Crippen molar-refractivity contribution in [2.75, 3.05) is 13.2 Å². The molecule has 1 atom stereocenters. The van der Waals surface area contributed by atoms with Crippen molar-refractivity contribution in [1.29, 1.82) is 0 Å². The maximum atomic E-state index is 13.2. The number of nitrogens with one attached hydrogen (secondary N) is 1. The number of Topliss-reactive ketones (excluding diaryl/α,β-unsaturated/α-hetero) is 1. The quantitative estimate of drug-likeness (QED) is 0.429. The van der Waals surface area contributed by atoms with Crippen LogP contribution in [0.25, 0.3) is 0 Å². The molecule has 1 aromatic heterocycles. The Hall–Kier alpha value is -3.15. The molecule has 6 heteroatoms. The summed E-state index contributed by atoms with van der Waals surface area (Å²) in [6.45, 7) is 11.0. The highest BCUT2D eigenvalue weighted by atomic mass is 16.5. The third-order valence-electron chi connectivity index (χ3n) is 4.62. The normalized spacial score (nSPS) is 11.6. The van der Waals surface area contributed by atoms with Crippen molar-refractivity contribution in [3.8, 4) is 0 Å². The first-order valence-electron chi connectivity index (χ1n) is 9.20. The van der Waals surface area contributed by atoms with Crippen LogP contribution < -0.4 is 0 Å². The van der Waals surface area contributed by atoms with E-state index >= 15 is 0 Å². The second-order valence-corrected chi connectivity index (χ2v) is 6.50. The van der Waals surface area contributed by atoms with E-state index in [-0.39, 0.29) is 30.5 Å². The first-order valence-corrected chi connectivity index (χ1v) is 9.20. The van der Waals surface area contributed by atoms with Crippen molar-refractivity contribution in [2.45, 2.75) is 33.7 Å². The van der Waals surface area contributed by atoms with Gasteiger partial charge in [0, 0.05) is 23.4 Å². The molecule has 2 rings (SSSR count). The van der Waals surface area contributed by atoms with Gasteiger partial charge in [-0.25, -0.2) is 4.79 Å². The number of aromatic amines is 1. The van der Waals surface area contributed by atoms with E-state index in [1.165, 1.54) is 4.90 Å². The van der Waals surface area contributed by atoms with E-state index in [4.69, 9.17) is 4.74 Å². The minimum atomic E-state index is -0.728. The fourth-order valence-electron chi connectivity index (χ4n) is 3.18. The van der Waals surface area contributed by atoms with Crippen LogP contribution in [0.15, 0.2) is 43.0 Å². The van der Waals surface area contributed by atoms with Gasteiger partial charge in [0.05, 0.1) is 12.6 Å². The lowest BCUT2D eigenvalue weighted by Gasteiger charge is -2.27. The fraction of sp³-hybridized carbons (Fsp3) is 0.318. The summed E-state index contributed by atoms with van der Waals surface area (Å²) in [5, 5.41) is 0. The molecule has 1 N–H and O–H groups in total. The minimum Gasteiger partial charge on any atom is -0.461 e. The van der Waals surface area contributed by atoms with Crippen LogP contribution in [0.4, 0.5) is 0 Å². The summed E-state index contributed by atoms with van der Waals surface area (Å²) >= 11 is 0.